The molecule has 6 heteroatoms. The predicted molar refractivity (Wildman–Crippen MR) is 88.5 cm³/mol. The van der Waals surface area contributed by atoms with Gasteiger partial charge in [-0.25, -0.2) is 8.42 Å². The monoisotopic (exact) mass is 332 g/mol. The van der Waals surface area contributed by atoms with Crippen LogP contribution in [0.2, 0.25) is 0 Å². The smallest absolute Gasteiger partial charge is 0.243 e. The molecule has 0 unspecified atom stereocenters. The topological polar surface area (TPSA) is 49.4 Å². The molecule has 0 atom stereocenters. The molecule has 1 saturated heterocycles. The first-order valence-corrected chi connectivity index (χ1v) is 8.74. The van der Waals surface area contributed by atoms with Crippen molar-refractivity contribution >= 4 is 22.4 Å². The Kier molecular flexibility index (Phi) is 7.13. The highest BCUT2D eigenvalue weighted by Gasteiger charge is 2.24. The number of rotatable bonds is 4. The molecule has 4 nitrogen and oxygen atoms in total. The van der Waals surface area contributed by atoms with Gasteiger partial charge in [0.1, 0.15) is 0 Å². The zero-order valence-corrected chi connectivity index (χ0v) is 14.3. The van der Waals surface area contributed by atoms with Crippen LogP contribution in [0.5, 0.6) is 0 Å². The highest BCUT2D eigenvalue weighted by molar-refractivity contribution is 7.89. The molecule has 0 aliphatic carbocycles. The summed E-state index contributed by atoms with van der Waals surface area (Å²) in [7, 11) is -3.34. The van der Waals surface area contributed by atoms with Gasteiger partial charge in [0, 0.05) is 19.6 Å². The fraction of sp³-hybridized carbons (Fsp3) is 0.600. The van der Waals surface area contributed by atoms with Crippen LogP contribution in [-0.4, -0.2) is 38.9 Å². The van der Waals surface area contributed by atoms with Crippen molar-refractivity contribution in [2.45, 2.75) is 31.6 Å². The Hall–Kier alpha value is -0.620. The first kappa shape index (κ1) is 18.4. The average molecular weight is 333 g/mol. The zero-order valence-electron chi connectivity index (χ0n) is 12.7. The molecule has 0 spiro atoms. The molecule has 1 N–H and O–H groups in total. The van der Waals surface area contributed by atoms with Crippen LogP contribution in [0.25, 0.3) is 0 Å². The summed E-state index contributed by atoms with van der Waals surface area (Å²) in [4.78, 5) is 0.409. The third-order valence-corrected chi connectivity index (χ3v) is 5.42. The summed E-state index contributed by atoms with van der Waals surface area (Å²) in [5, 5.41) is 3.23. The molecule has 1 heterocycles. The van der Waals surface area contributed by atoms with E-state index in [0.717, 1.165) is 25.9 Å². The van der Waals surface area contributed by atoms with Gasteiger partial charge in [-0.2, -0.15) is 4.31 Å². The Balaban J connectivity index is 0.00000220. The van der Waals surface area contributed by atoms with E-state index in [1.165, 1.54) is 5.56 Å². The lowest BCUT2D eigenvalue weighted by molar-refractivity contribution is 0.432. The Morgan fingerprint density at radius 3 is 2.43 bits per heavy atom. The molecule has 0 radical (unpaired) electrons. The highest BCUT2D eigenvalue weighted by Crippen LogP contribution is 2.18. The van der Waals surface area contributed by atoms with Gasteiger partial charge in [0.25, 0.3) is 0 Å². The van der Waals surface area contributed by atoms with Crippen LogP contribution in [0.1, 0.15) is 25.8 Å². The Labute approximate surface area is 134 Å². The lowest BCUT2D eigenvalue weighted by atomic mass is 10.0. The van der Waals surface area contributed by atoms with Crippen molar-refractivity contribution in [2.24, 2.45) is 5.92 Å². The molecule has 1 fully saturated rings. The summed E-state index contributed by atoms with van der Waals surface area (Å²) in [6.45, 7) is 7.09. The lowest BCUT2D eigenvalue weighted by Crippen LogP contribution is -2.34. The van der Waals surface area contributed by atoms with Crippen LogP contribution < -0.4 is 5.32 Å². The SMILES string of the molecule is CC(C)Cc1ccc(S(=O)(=O)N2CCCNCC2)cc1.Cl. The molecule has 120 valence electrons. The second kappa shape index (κ2) is 8.13. The van der Waals surface area contributed by atoms with Crippen molar-refractivity contribution < 1.29 is 8.42 Å². The molecular formula is C15H25ClN2O2S. The van der Waals surface area contributed by atoms with E-state index in [9.17, 15) is 8.42 Å². The fourth-order valence-electron chi connectivity index (χ4n) is 2.48. The van der Waals surface area contributed by atoms with Gasteiger partial charge in [-0.1, -0.05) is 26.0 Å². The van der Waals surface area contributed by atoms with Gasteiger partial charge >= 0.3 is 0 Å². The molecule has 0 saturated carbocycles. The van der Waals surface area contributed by atoms with Crippen molar-refractivity contribution in [1.82, 2.24) is 9.62 Å². The van der Waals surface area contributed by atoms with Crippen molar-refractivity contribution in [3.63, 3.8) is 0 Å². The fourth-order valence-corrected chi connectivity index (χ4v) is 3.96. The average Bonchev–Trinajstić information content (AvgIpc) is 2.68. The maximum absolute atomic E-state index is 12.6. The molecule has 1 aromatic carbocycles. The third-order valence-electron chi connectivity index (χ3n) is 3.50. The van der Waals surface area contributed by atoms with Gasteiger partial charge in [0.15, 0.2) is 0 Å². The summed E-state index contributed by atoms with van der Waals surface area (Å²) in [6.07, 6.45) is 1.85. The Bertz CT molecular complexity index is 521. The van der Waals surface area contributed by atoms with Crippen LogP contribution in [0.4, 0.5) is 0 Å². The number of sulfonamides is 1. The molecule has 0 aromatic heterocycles. The number of hydrogen-bond acceptors (Lipinski definition) is 3. The predicted octanol–water partition coefficient (Wildman–Crippen LogP) is 2.29. The van der Waals surface area contributed by atoms with E-state index >= 15 is 0 Å². The molecule has 1 aliphatic heterocycles. The minimum absolute atomic E-state index is 0. The molecule has 1 aromatic rings. The van der Waals surface area contributed by atoms with Crippen LogP contribution >= 0.6 is 12.4 Å². The number of hydrogen-bond donors (Lipinski definition) is 1. The van der Waals surface area contributed by atoms with Crippen LogP contribution in [0.15, 0.2) is 29.2 Å². The number of nitrogens with one attached hydrogen (secondary N) is 1. The van der Waals surface area contributed by atoms with Gasteiger partial charge < -0.3 is 5.32 Å². The van der Waals surface area contributed by atoms with Crippen LogP contribution in [-0.2, 0) is 16.4 Å². The molecule has 21 heavy (non-hydrogen) atoms. The van der Waals surface area contributed by atoms with Crippen molar-refractivity contribution in [3.05, 3.63) is 29.8 Å². The first-order chi connectivity index (χ1) is 9.50. The largest absolute Gasteiger partial charge is 0.315 e. The first-order valence-electron chi connectivity index (χ1n) is 7.30. The Morgan fingerprint density at radius 2 is 1.81 bits per heavy atom. The quantitative estimate of drug-likeness (QED) is 0.920. The summed E-state index contributed by atoms with van der Waals surface area (Å²) < 4.78 is 26.7. The van der Waals surface area contributed by atoms with Gasteiger partial charge in [-0.15, -0.1) is 12.4 Å². The van der Waals surface area contributed by atoms with E-state index in [0.29, 0.717) is 23.9 Å². The highest BCUT2D eigenvalue weighted by atomic mass is 35.5. The second-order valence-corrected chi connectivity index (χ2v) is 7.69. The molecular weight excluding hydrogens is 308 g/mol. The third kappa shape index (κ3) is 4.95. The zero-order chi connectivity index (χ0) is 14.6. The lowest BCUT2D eigenvalue weighted by Gasteiger charge is -2.19. The molecule has 0 bridgehead atoms. The molecule has 0 amide bonds. The van der Waals surface area contributed by atoms with Crippen molar-refractivity contribution in [3.8, 4) is 0 Å². The number of nitrogens with zero attached hydrogens (tertiary/aromatic N) is 1. The summed E-state index contributed by atoms with van der Waals surface area (Å²) in [5.41, 5.74) is 1.19. The minimum Gasteiger partial charge on any atom is -0.315 e. The second-order valence-electron chi connectivity index (χ2n) is 5.75. The van der Waals surface area contributed by atoms with Crippen molar-refractivity contribution in [2.75, 3.05) is 26.2 Å². The van der Waals surface area contributed by atoms with Gasteiger partial charge in [0.2, 0.25) is 10.0 Å². The van der Waals surface area contributed by atoms with Crippen LogP contribution in [0.3, 0.4) is 0 Å². The van der Waals surface area contributed by atoms with E-state index in [1.54, 1.807) is 16.4 Å². The van der Waals surface area contributed by atoms with E-state index in [-0.39, 0.29) is 12.4 Å². The maximum Gasteiger partial charge on any atom is 0.243 e. The summed E-state index contributed by atoms with van der Waals surface area (Å²) in [5.74, 6) is 0.578. The number of halogens is 1. The molecule has 2 rings (SSSR count). The summed E-state index contributed by atoms with van der Waals surface area (Å²) in [6, 6.07) is 7.35. The van der Waals surface area contributed by atoms with E-state index in [4.69, 9.17) is 0 Å². The summed E-state index contributed by atoms with van der Waals surface area (Å²) >= 11 is 0. The minimum atomic E-state index is -3.34. The van der Waals surface area contributed by atoms with E-state index < -0.39 is 10.0 Å². The molecule has 1 aliphatic rings. The van der Waals surface area contributed by atoms with E-state index in [1.807, 2.05) is 12.1 Å². The van der Waals surface area contributed by atoms with Crippen LogP contribution in [0, 0.1) is 5.92 Å². The van der Waals surface area contributed by atoms with E-state index in [2.05, 4.69) is 19.2 Å². The standard InChI is InChI=1S/C15H24N2O2S.ClH/c1-13(2)12-14-4-6-15(7-5-14)20(18,19)17-10-3-8-16-9-11-17;/h4-7,13,16H,3,8-12H2,1-2H3;1H. The van der Waals surface area contributed by atoms with Gasteiger partial charge in [0.05, 0.1) is 4.90 Å². The number of benzene rings is 1. The van der Waals surface area contributed by atoms with Gasteiger partial charge in [-0.3, -0.25) is 0 Å². The van der Waals surface area contributed by atoms with Gasteiger partial charge in [-0.05, 0) is 43.0 Å². The normalized spacial score (nSPS) is 17.3. The van der Waals surface area contributed by atoms with Crippen molar-refractivity contribution in [1.29, 1.82) is 0 Å². The Morgan fingerprint density at radius 1 is 1.14 bits per heavy atom. The maximum atomic E-state index is 12.6.